The second kappa shape index (κ2) is 5.80. The molecule has 2 N–H and O–H groups in total. The van der Waals surface area contributed by atoms with E-state index in [4.69, 9.17) is 28.9 Å². The normalized spacial score (nSPS) is 10.8. The summed E-state index contributed by atoms with van der Waals surface area (Å²) in [5.74, 6) is 0.830. The Hall–Kier alpha value is -1.97. The monoisotopic (exact) mass is 317 g/mol. The van der Waals surface area contributed by atoms with E-state index in [1.165, 1.54) is 0 Å². The SMILES string of the molecule is Nc1ccccc1Cn1ccnc1-c1ccc(Cl)c(Cl)c1. The van der Waals surface area contributed by atoms with Gasteiger partial charge in [-0.1, -0.05) is 41.4 Å². The number of aromatic nitrogens is 2. The lowest BCUT2D eigenvalue weighted by molar-refractivity contribution is 0.809. The number of hydrogen-bond acceptors (Lipinski definition) is 2. The van der Waals surface area contributed by atoms with Gasteiger partial charge in [-0.05, 0) is 29.8 Å². The van der Waals surface area contributed by atoms with Crippen molar-refractivity contribution >= 4 is 28.9 Å². The summed E-state index contributed by atoms with van der Waals surface area (Å²) < 4.78 is 2.03. The Morgan fingerprint density at radius 2 is 1.86 bits per heavy atom. The lowest BCUT2D eigenvalue weighted by Crippen LogP contribution is -2.03. The maximum atomic E-state index is 6.08. The van der Waals surface area contributed by atoms with Gasteiger partial charge in [0.15, 0.2) is 0 Å². The van der Waals surface area contributed by atoms with Crippen LogP contribution in [-0.2, 0) is 6.54 Å². The maximum absolute atomic E-state index is 6.08. The average Bonchev–Trinajstić information content (AvgIpc) is 2.93. The van der Waals surface area contributed by atoms with Gasteiger partial charge in [0, 0.05) is 23.6 Å². The van der Waals surface area contributed by atoms with Crippen molar-refractivity contribution in [3.8, 4) is 11.4 Å². The van der Waals surface area contributed by atoms with Crippen molar-refractivity contribution in [2.45, 2.75) is 6.54 Å². The van der Waals surface area contributed by atoms with E-state index in [-0.39, 0.29) is 0 Å². The Balaban J connectivity index is 1.97. The lowest BCUT2D eigenvalue weighted by atomic mass is 10.1. The largest absolute Gasteiger partial charge is 0.398 e. The second-order valence-corrected chi connectivity index (χ2v) is 5.52. The van der Waals surface area contributed by atoms with Crippen LogP contribution in [0.4, 0.5) is 5.69 Å². The predicted octanol–water partition coefficient (Wildman–Crippen LogP) is 4.49. The molecule has 0 aliphatic carbocycles. The zero-order chi connectivity index (χ0) is 14.8. The highest BCUT2D eigenvalue weighted by Crippen LogP contribution is 2.28. The number of nitrogen functional groups attached to an aromatic ring is 1. The van der Waals surface area contributed by atoms with Gasteiger partial charge < -0.3 is 10.3 Å². The molecule has 0 aliphatic rings. The summed E-state index contributed by atoms with van der Waals surface area (Å²) >= 11 is 12.0. The third-order valence-electron chi connectivity index (χ3n) is 3.29. The Morgan fingerprint density at radius 1 is 1.05 bits per heavy atom. The number of rotatable bonds is 3. The molecule has 0 amide bonds. The second-order valence-electron chi connectivity index (χ2n) is 4.71. The number of anilines is 1. The van der Waals surface area contributed by atoms with Gasteiger partial charge in [-0.25, -0.2) is 4.98 Å². The summed E-state index contributed by atoms with van der Waals surface area (Å²) in [4.78, 5) is 4.40. The van der Waals surface area contributed by atoms with Crippen molar-refractivity contribution in [2.24, 2.45) is 0 Å². The van der Waals surface area contributed by atoms with Crippen LogP contribution in [-0.4, -0.2) is 9.55 Å². The molecule has 0 aliphatic heterocycles. The average molecular weight is 318 g/mol. The van der Waals surface area contributed by atoms with Crippen molar-refractivity contribution in [3.63, 3.8) is 0 Å². The van der Waals surface area contributed by atoms with Gasteiger partial charge >= 0.3 is 0 Å². The first-order valence-electron chi connectivity index (χ1n) is 6.45. The zero-order valence-electron chi connectivity index (χ0n) is 11.1. The van der Waals surface area contributed by atoms with E-state index in [1.807, 2.05) is 47.2 Å². The zero-order valence-corrected chi connectivity index (χ0v) is 12.6. The molecule has 0 saturated carbocycles. The van der Waals surface area contributed by atoms with Crippen LogP contribution in [0.25, 0.3) is 11.4 Å². The minimum atomic E-state index is 0.517. The third-order valence-corrected chi connectivity index (χ3v) is 4.03. The minimum absolute atomic E-state index is 0.517. The molecular formula is C16H13Cl2N3. The van der Waals surface area contributed by atoms with E-state index >= 15 is 0 Å². The lowest BCUT2D eigenvalue weighted by Gasteiger charge is -2.10. The number of nitrogens with zero attached hydrogens (tertiary/aromatic N) is 2. The van der Waals surface area contributed by atoms with E-state index in [9.17, 15) is 0 Å². The van der Waals surface area contributed by atoms with Gasteiger partial charge in [-0.15, -0.1) is 0 Å². The highest BCUT2D eigenvalue weighted by atomic mass is 35.5. The van der Waals surface area contributed by atoms with E-state index in [1.54, 1.807) is 12.3 Å². The molecule has 0 atom stereocenters. The predicted molar refractivity (Wildman–Crippen MR) is 87.6 cm³/mol. The Labute approximate surface area is 132 Å². The quantitative estimate of drug-likeness (QED) is 0.723. The molecule has 3 rings (SSSR count). The molecule has 5 heteroatoms. The van der Waals surface area contributed by atoms with Gasteiger partial charge in [0.25, 0.3) is 0 Å². The van der Waals surface area contributed by atoms with Crippen LogP contribution >= 0.6 is 23.2 Å². The first-order chi connectivity index (χ1) is 10.1. The molecule has 106 valence electrons. The van der Waals surface area contributed by atoms with Gasteiger partial charge in [-0.3, -0.25) is 0 Å². The molecule has 0 unspecified atom stereocenters. The Kier molecular flexibility index (Phi) is 3.86. The summed E-state index contributed by atoms with van der Waals surface area (Å²) in [6.45, 7) is 0.655. The molecule has 0 radical (unpaired) electrons. The molecule has 0 fully saturated rings. The topological polar surface area (TPSA) is 43.8 Å². The van der Waals surface area contributed by atoms with Crippen molar-refractivity contribution in [1.29, 1.82) is 0 Å². The van der Waals surface area contributed by atoms with Gasteiger partial charge in [0.1, 0.15) is 5.82 Å². The summed E-state index contributed by atoms with van der Waals surface area (Å²) in [5.41, 5.74) is 8.74. The Morgan fingerprint density at radius 3 is 2.62 bits per heavy atom. The summed E-state index contributed by atoms with van der Waals surface area (Å²) in [6.07, 6.45) is 3.68. The van der Waals surface area contributed by atoms with E-state index in [0.717, 1.165) is 22.6 Å². The molecule has 21 heavy (non-hydrogen) atoms. The molecule has 1 heterocycles. The number of imidazole rings is 1. The van der Waals surface area contributed by atoms with E-state index in [2.05, 4.69) is 4.98 Å². The first kappa shape index (κ1) is 14.0. The molecule has 1 aromatic heterocycles. The molecule has 0 spiro atoms. The van der Waals surface area contributed by atoms with Crippen LogP contribution < -0.4 is 5.73 Å². The van der Waals surface area contributed by atoms with Gasteiger partial charge in [0.2, 0.25) is 0 Å². The molecular weight excluding hydrogens is 305 g/mol. The van der Waals surface area contributed by atoms with Crippen LogP contribution in [0, 0.1) is 0 Å². The fraction of sp³-hybridized carbons (Fsp3) is 0.0625. The van der Waals surface area contributed by atoms with Crippen LogP contribution in [0.15, 0.2) is 54.9 Å². The highest BCUT2D eigenvalue weighted by molar-refractivity contribution is 6.42. The number of hydrogen-bond donors (Lipinski definition) is 1. The third kappa shape index (κ3) is 2.89. The summed E-state index contributed by atoms with van der Waals surface area (Å²) in [6, 6.07) is 13.3. The minimum Gasteiger partial charge on any atom is -0.398 e. The fourth-order valence-corrected chi connectivity index (χ4v) is 2.49. The van der Waals surface area contributed by atoms with Crippen molar-refractivity contribution in [1.82, 2.24) is 9.55 Å². The van der Waals surface area contributed by atoms with Crippen molar-refractivity contribution in [2.75, 3.05) is 5.73 Å². The molecule has 2 aromatic carbocycles. The fourth-order valence-electron chi connectivity index (χ4n) is 2.19. The number of halogens is 2. The number of nitrogens with two attached hydrogens (primary N) is 1. The van der Waals surface area contributed by atoms with Crippen LogP contribution in [0.3, 0.4) is 0 Å². The van der Waals surface area contributed by atoms with Gasteiger partial charge in [-0.2, -0.15) is 0 Å². The van der Waals surface area contributed by atoms with Crippen LogP contribution in [0.5, 0.6) is 0 Å². The van der Waals surface area contributed by atoms with Crippen LogP contribution in [0.1, 0.15) is 5.56 Å². The summed E-state index contributed by atoms with van der Waals surface area (Å²) in [7, 11) is 0. The first-order valence-corrected chi connectivity index (χ1v) is 7.20. The molecule has 3 nitrogen and oxygen atoms in total. The number of benzene rings is 2. The van der Waals surface area contributed by atoms with Crippen molar-refractivity contribution in [3.05, 3.63) is 70.5 Å². The molecule has 0 saturated heterocycles. The molecule has 0 bridgehead atoms. The van der Waals surface area contributed by atoms with E-state index < -0.39 is 0 Å². The van der Waals surface area contributed by atoms with Crippen LogP contribution in [0.2, 0.25) is 10.0 Å². The smallest absolute Gasteiger partial charge is 0.140 e. The highest BCUT2D eigenvalue weighted by Gasteiger charge is 2.09. The standard InChI is InChI=1S/C16H13Cl2N3/c17-13-6-5-11(9-14(13)18)16-20-7-8-21(16)10-12-3-1-2-4-15(12)19/h1-9H,10,19H2. The van der Waals surface area contributed by atoms with Crippen molar-refractivity contribution < 1.29 is 0 Å². The molecule has 3 aromatic rings. The number of para-hydroxylation sites is 1. The van der Waals surface area contributed by atoms with E-state index in [0.29, 0.717) is 16.6 Å². The van der Waals surface area contributed by atoms with Gasteiger partial charge in [0.05, 0.1) is 16.6 Å². The Bertz CT molecular complexity index is 781. The summed E-state index contributed by atoms with van der Waals surface area (Å²) in [5, 5.41) is 1.05. The maximum Gasteiger partial charge on any atom is 0.140 e.